The summed E-state index contributed by atoms with van der Waals surface area (Å²) in [5.74, 6) is 1.17. The van der Waals surface area contributed by atoms with Crippen LogP contribution in [0.3, 0.4) is 0 Å². The van der Waals surface area contributed by atoms with Crippen molar-refractivity contribution in [1.29, 1.82) is 0 Å². The molecule has 5 nitrogen and oxygen atoms in total. The largest absolute Gasteiger partial charge is 0.496 e. The summed E-state index contributed by atoms with van der Waals surface area (Å²) in [6.07, 6.45) is 2.67. The third kappa shape index (κ3) is 6.00. The Morgan fingerprint density at radius 2 is 1.86 bits per heavy atom. The molecule has 0 aliphatic carbocycles. The van der Waals surface area contributed by atoms with Gasteiger partial charge in [0.05, 0.1) is 12.4 Å². The minimum Gasteiger partial charge on any atom is -0.496 e. The summed E-state index contributed by atoms with van der Waals surface area (Å²) in [4.78, 5) is 30.4. The monoisotopic (exact) mass is 498 g/mol. The average Bonchev–Trinajstić information content (AvgIpc) is 3.18. The number of ether oxygens (including phenoxy) is 1. The topological polar surface area (TPSA) is 49.9 Å². The molecule has 35 heavy (non-hydrogen) atoms. The zero-order chi connectivity index (χ0) is 24.9. The van der Waals surface area contributed by atoms with E-state index >= 15 is 0 Å². The minimum absolute atomic E-state index is 0.0260. The van der Waals surface area contributed by atoms with E-state index < -0.39 is 0 Å². The molecule has 0 radical (unpaired) electrons. The van der Waals surface area contributed by atoms with Gasteiger partial charge in [-0.15, -0.1) is 11.8 Å². The van der Waals surface area contributed by atoms with Crippen molar-refractivity contribution in [3.63, 3.8) is 0 Å². The number of thioether (sulfide) groups is 1. The van der Waals surface area contributed by atoms with Crippen molar-refractivity contribution in [2.24, 2.45) is 5.92 Å². The summed E-state index contributed by atoms with van der Waals surface area (Å²) in [7, 11) is 1.60. The van der Waals surface area contributed by atoms with E-state index in [0.29, 0.717) is 31.3 Å². The summed E-state index contributed by atoms with van der Waals surface area (Å²) >= 11 is 1.60. The molecule has 0 aromatic heterocycles. The summed E-state index contributed by atoms with van der Waals surface area (Å²) in [5, 5.41) is -0.410. The Labute approximate surface area is 212 Å². The zero-order valence-electron chi connectivity index (χ0n) is 20.8. The summed E-state index contributed by atoms with van der Waals surface area (Å²) < 4.78 is 19.3. The molecule has 0 saturated carbocycles. The number of methoxy groups -OCH3 is 1. The van der Waals surface area contributed by atoms with E-state index in [4.69, 9.17) is 4.74 Å². The number of benzene rings is 2. The molecule has 0 spiro atoms. The molecule has 0 N–H and O–H groups in total. The van der Waals surface area contributed by atoms with E-state index in [1.54, 1.807) is 31.0 Å². The van der Waals surface area contributed by atoms with Crippen molar-refractivity contribution >= 4 is 23.6 Å². The SMILES string of the molecule is COc1ccc(F)cc1C1CCN(C(=O)CC2SC(c3ccccc3)N(CCC(C)C)C2=O)CC1. The number of carbonyl (C=O) groups is 2. The van der Waals surface area contributed by atoms with Crippen molar-refractivity contribution in [1.82, 2.24) is 9.80 Å². The number of rotatable bonds is 8. The highest BCUT2D eigenvalue weighted by Gasteiger charge is 2.42. The van der Waals surface area contributed by atoms with Crippen LogP contribution in [-0.2, 0) is 9.59 Å². The molecule has 2 aliphatic heterocycles. The second-order valence-corrected chi connectivity index (χ2v) is 11.1. The molecule has 2 aliphatic rings. The number of likely N-dealkylation sites (tertiary alicyclic amines) is 1. The van der Waals surface area contributed by atoms with Crippen molar-refractivity contribution in [3.05, 3.63) is 65.5 Å². The first kappa shape index (κ1) is 25.5. The van der Waals surface area contributed by atoms with E-state index in [1.807, 2.05) is 28.0 Å². The van der Waals surface area contributed by atoms with E-state index in [2.05, 4.69) is 26.0 Å². The van der Waals surface area contributed by atoms with Crippen LogP contribution >= 0.6 is 11.8 Å². The molecule has 4 rings (SSSR count). The lowest BCUT2D eigenvalue weighted by Crippen LogP contribution is -2.40. The van der Waals surface area contributed by atoms with Gasteiger partial charge in [0.15, 0.2) is 0 Å². The predicted octanol–water partition coefficient (Wildman–Crippen LogP) is 5.62. The lowest BCUT2D eigenvalue weighted by Gasteiger charge is -2.33. The van der Waals surface area contributed by atoms with Crippen LogP contribution in [0, 0.1) is 11.7 Å². The van der Waals surface area contributed by atoms with Gasteiger partial charge in [-0.25, -0.2) is 4.39 Å². The van der Waals surface area contributed by atoms with E-state index in [9.17, 15) is 14.0 Å². The number of carbonyl (C=O) groups excluding carboxylic acids is 2. The van der Waals surface area contributed by atoms with Crippen LogP contribution in [0.25, 0.3) is 0 Å². The Hall–Kier alpha value is -2.54. The van der Waals surface area contributed by atoms with Crippen LogP contribution < -0.4 is 4.74 Å². The molecule has 2 atom stereocenters. The quantitative estimate of drug-likeness (QED) is 0.474. The fourth-order valence-corrected chi connectivity index (χ4v) is 6.45. The molecule has 0 bridgehead atoms. The first-order chi connectivity index (χ1) is 16.9. The molecule has 188 valence electrons. The Morgan fingerprint density at radius 3 is 2.51 bits per heavy atom. The molecule has 2 aromatic carbocycles. The Bertz CT molecular complexity index is 1020. The number of halogens is 1. The van der Waals surface area contributed by atoms with E-state index in [-0.39, 0.29) is 40.6 Å². The molecule has 2 aromatic rings. The van der Waals surface area contributed by atoms with Crippen molar-refractivity contribution in [2.75, 3.05) is 26.7 Å². The molecule has 2 unspecified atom stereocenters. The molecule has 2 fully saturated rings. The van der Waals surface area contributed by atoms with Crippen molar-refractivity contribution in [2.45, 2.75) is 56.1 Å². The third-order valence-electron chi connectivity index (χ3n) is 7.01. The van der Waals surface area contributed by atoms with Gasteiger partial charge in [0, 0.05) is 31.6 Å². The van der Waals surface area contributed by atoms with Crippen LogP contribution in [0.2, 0.25) is 0 Å². The number of hydrogen-bond donors (Lipinski definition) is 0. The third-order valence-corrected chi connectivity index (χ3v) is 8.49. The maximum Gasteiger partial charge on any atom is 0.237 e. The molecule has 2 saturated heterocycles. The lowest BCUT2D eigenvalue weighted by atomic mass is 9.88. The van der Waals surface area contributed by atoms with Crippen LogP contribution in [0.1, 0.15) is 61.9 Å². The van der Waals surface area contributed by atoms with Crippen LogP contribution in [0.5, 0.6) is 5.75 Å². The second kappa shape index (κ2) is 11.5. The molecule has 7 heteroatoms. The van der Waals surface area contributed by atoms with Crippen molar-refractivity contribution < 1.29 is 18.7 Å². The minimum atomic E-state index is -0.360. The highest BCUT2D eigenvalue weighted by atomic mass is 32.2. The predicted molar refractivity (Wildman–Crippen MR) is 138 cm³/mol. The molecule has 2 heterocycles. The smallest absolute Gasteiger partial charge is 0.237 e. The lowest BCUT2D eigenvalue weighted by molar-refractivity contribution is -0.136. The summed E-state index contributed by atoms with van der Waals surface area (Å²) in [6.45, 7) is 6.24. The number of amides is 2. The fraction of sp³-hybridized carbons (Fsp3) is 0.500. The number of piperidine rings is 1. The second-order valence-electron chi connectivity index (χ2n) is 9.85. The van der Waals surface area contributed by atoms with Gasteiger partial charge in [0.2, 0.25) is 11.8 Å². The van der Waals surface area contributed by atoms with Gasteiger partial charge >= 0.3 is 0 Å². The van der Waals surface area contributed by atoms with Crippen molar-refractivity contribution in [3.8, 4) is 5.75 Å². The highest BCUT2D eigenvalue weighted by molar-refractivity contribution is 8.01. The Morgan fingerprint density at radius 1 is 1.14 bits per heavy atom. The van der Waals surface area contributed by atoms with Crippen LogP contribution in [0.15, 0.2) is 48.5 Å². The van der Waals surface area contributed by atoms with Crippen LogP contribution in [-0.4, -0.2) is 53.6 Å². The van der Waals surface area contributed by atoms with Gasteiger partial charge in [0.25, 0.3) is 0 Å². The maximum absolute atomic E-state index is 13.8. The van der Waals surface area contributed by atoms with Gasteiger partial charge in [-0.05, 0) is 54.9 Å². The molecule has 2 amide bonds. The standard InChI is InChI=1S/C28H35FN2O3S/c1-19(2)11-16-31-27(33)25(35-28(31)21-7-5-4-6-8-21)18-26(32)30-14-12-20(13-15-30)23-17-22(29)9-10-24(23)34-3/h4-10,17,19-20,25,28H,11-16,18H2,1-3H3. The zero-order valence-corrected chi connectivity index (χ0v) is 21.6. The first-order valence-electron chi connectivity index (χ1n) is 12.5. The number of hydrogen-bond acceptors (Lipinski definition) is 4. The normalized spacial score (nSPS) is 21.1. The van der Waals surface area contributed by atoms with E-state index in [0.717, 1.165) is 30.4 Å². The van der Waals surface area contributed by atoms with E-state index in [1.165, 1.54) is 6.07 Å². The fourth-order valence-electron chi connectivity index (χ4n) is 4.98. The first-order valence-corrected chi connectivity index (χ1v) is 13.4. The summed E-state index contributed by atoms with van der Waals surface area (Å²) in [6, 6.07) is 14.7. The van der Waals surface area contributed by atoms with Gasteiger partial charge in [-0.1, -0.05) is 44.2 Å². The van der Waals surface area contributed by atoms with Gasteiger partial charge in [0.1, 0.15) is 16.9 Å². The summed E-state index contributed by atoms with van der Waals surface area (Å²) in [5.41, 5.74) is 1.97. The van der Waals surface area contributed by atoms with Gasteiger partial charge in [-0.2, -0.15) is 0 Å². The number of nitrogens with zero attached hydrogens (tertiary/aromatic N) is 2. The molecular formula is C28H35FN2O3S. The van der Waals surface area contributed by atoms with Gasteiger partial charge < -0.3 is 14.5 Å². The Kier molecular flexibility index (Phi) is 8.37. The highest BCUT2D eigenvalue weighted by Crippen LogP contribution is 2.45. The average molecular weight is 499 g/mol. The maximum atomic E-state index is 13.8. The van der Waals surface area contributed by atoms with Gasteiger partial charge in [-0.3, -0.25) is 9.59 Å². The van der Waals surface area contributed by atoms with Crippen LogP contribution in [0.4, 0.5) is 4.39 Å². The molecular weight excluding hydrogens is 463 g/mol. The Balaban J connectivity index is 1.39.